The number of aromatic nitrogens is 2. The van der Waals surface area contributed by atoms with Crippen LogP contribution in [0.15, 0.2) is 53.9 Å². The summed E-state index contributed by atoms with van der Waals surface area (Å²) in [4.78, 5) is 37.1. The molecular formula is C22H18ClN3O3S. The number of ketones is 1. The van der Waals surface area contributed by atoms with Gasteiger partial charge < -0.3 is 5.11 Å². The molecule has 4 rings (SSSR count). The monoisotopic (exact) mass is 439 g/mol. The predicted octanol–water partition coefficient (Wildman–Crippen LogP) is 4.90. The molecule has 1 amide bonds. The molecule has 1 atom stereocenters. The summed E-state index contributed by atoms with van der Waals surface area (Å²) in [5, 5.41) is 12.1. The van der Waals surface area contributed by atoms with Gasteiger partial charge in [-0.1, -0.05) is 17.7 Å². The summed E-state index contributed by atoms with van der Waals surface area (Å²) in [6, 6.07) is 9.49. The fourth-order valence-electron chi connectivity index (χ4n) is 3.66. The smallest absolute Gasteiger partial charge is 0.294 e. The Bertz CT molecular complexity index is 1200. The van der Waals surface area contributed by atoms with Crippen molar-refractivity contribution in [2.45, 2.75) is 26.8 Å². The standard InChI is InChI=1S/C22H18ClN3O3S/c1-11-10-14(23)7-8-16(11)26-18(15-6-4-5-9-24-15)17(20(28)22(26)29)19(27)21-12(2)25-13(3)30-21/h4-10,18,28H,1-3H3. The first-order valence-corrected chi connectivity index (χ1v) is 10.4. The summed E-state index contributed by atoms with van der Waals surface area (Å²) in [6.45, 7) is 5.36. The number of Topliss-reactive ketones (excluding diaryl/α,β-unsaturated/α-hetero) is 1. The lowest BCUT2D eigenvalue weighted by molar-refractivity contribution is -0.117. The second-order valence-corrected chi connectivity index (χ2v) is 8.64. The first kappa shape index (κ1) is 20.3. The number of halogens is 1. The fourth-order valence-corrected chi connectivity index (χ4v) is 4.76. The van der Waals surface area contributed by atoms with Gasteiger partial charge in [-0.3, -0.25) is 19.5 Å². The normalized spacial score (nSPS) is 16.5. The molecule has 0 saturated carbocycles. The average Bonchev–Trinajstić information content (AvgIpc) is 3.18. The van der Waals surface area contributed by atoms with E-state index < -0.39 is 23.5 Å². The highest BCUT2D eigenvalue weighted by atomic mass is 35.5. The summed E-state index contributed by atoms with van der Waals surface area (Å²) in [6.07, 6.45) is 1.59. The second kappa shape index (κ2) is 7.66. The number of hydrogen-bond donors (Lipinski definition) is 1. The van der Waals surface area contributed by atoms with Crippen LogP contribution in [0, 0.1) is 20.8 Å². The molecule has 3 aromatic rings. The first-order valence-electron chi connectivity index (χ1n) is 9.22. The minimum Gasteiger partial charge on any atom is -0.503 e. The topological polar surface area (TPSA) is 83.4 Å². The van der Waals surface area contributed by atoms with Crippen molar-refractivity contribution in [1.29, 1.82) is 0 Å². The highest BCUT2D eigenvalue weighted by Crippen LogP contribution is 2.43. The number of anilines is 1. The average molecular weight is 440 g/mol. The number of hydrogen-bond acceptors (Lipinski definition) is 6. The van der Waals surface area contributed by atoms with Crippen LogP contribution >= 0.6 is 22.9 Å². The number of pyridine rings is 1. The Morgan fingerprint density at radius 1 is 1.20 bits per heavy atom. The van der Waals surface area contributed by atoms with Gasteiger partial charge in [-0.2, -0.15) is 0 Å². The Hall–Kier alpha value is -3.03. The third kappa shape index (κ3) is 3.30. The maximum Gasteiger partial charge on any atom is 0.294 e. The molecule has 1 aliphatic heterocycles. The molecule has 0 bridgehead atoms. The Morgan fingerprint density at radius 3 is 2.57 bits per heavy atom. The van der Waals surface area contributed by atoms with Gasteiger partial charge >= 0.3 is 0 Å². The third-order valence-corrected chi connectivity index (χ3v) is 6.26. The van der Waals surface area contributed by atoms with Gasteiger partial charge in [0.25, 0.3) is 5.91 Å². The van der Waals surface area contributed by atoms with Crippen molar-refractivity contribution in [3.63, 3.8) is 0 Å². The van der Waals surface area contributed by atoms with E-state index in [-0.39, 0.29) is 5.57 Å². The number of aliphatic hydroxyl groups is 1. The first-order chi connectivity index (χ1) is 14.3. The van der Waals surface area contributed by atoms with Crippen molar-refractivity contribution in [1.82, 2.24) is 9.97 Å². The molecule has 2 aromatic heterocycles. The van der Waals surface area contributed by atoms with Crippen LogP contribution in [0.1, 0.15) is 37.7 Å². The number of amides is 1. The predicted molar refractivity (Wildman–Crippen MR) is 116 cm³/mol. The van der Waals surface area contributed by atoms with Crippen LogP contribution in [0.4, 0.5) is 5.69 Å². The van der Waals surface area contributed by atoms with E-state index in [0.29, 0.717) is 27.0 Å². The van der Waals surface area contributed by atoms with Gasteiger partial charge in [0, 0.05) is 16.9 Å². The van der Waals surface area contributed by atoms with E-state index in [1.807, 2.05) is 13.8 Å². The Morgan fingerprint density at radius 2 is 1.97 bits per heavy atom. The number of aliphatic hydroxyl groups excluding tert-OH is 1. The quantitative estimate of drug-likeness (QED) is 0.584. The largest absolute Gasteiger partial charge is 0.503 e. The minimum absolute atomic E-state index is 0.000185. The maximum atomic E-state index is 13.5. The minimum atomic E-state index is -0.868. The molecule has 1 N–H and O–H groups in total. The molecule has 1 aliphatic rings. The van der Waals surface area contributed by atoms with Crippen molar-refractivity contribution in [2.75, 3.05) is 4.90 Å². The number of rotatable bonds is 4. The Kier molecular flexibility index (Phi) is 5.17. The third-order valence-electron chi connectivity index (χ3n) is 4.95. The van der Waals surface area contributed by atoms with Gasteiger partial charge in [0.15, 0.2) is 5.76 Å². The van der Waals surface area contributed by atoms with Crippen molar-refractivity contribution < 1.29 is 14.7 Å². The van der Waals surface area contributed by atoms with Crippen LogP contribution in [0.2, 0.25) is 5.02 Å². The van der Waals surface area contributed by atoms with Crippen molar-refractivity contribution >= 4 is 40.3 Å². The molecule has 3 heterocycles. The molecule has 0 spiro atoms. The lowest BCUT2D eigenvalue weighted by Crippen LogP contribution is -2.32. The zero-order chi connectivity index (χ0) is 21.6. The van der Waals surface area contributed by atoms with Crippen molar-refractivity contribution in [3.05, 3.63) is 85.8 Å². The number of benzene rings is 1. The van der Waals surface area contributed by atoms with E-state index in [1.54, 1.807) is 49.5 Å². The van der Waals surface area contributed by atoms with Gasteiger partial charge in [0.2, 0.25) is 5.78 Å². The van der Waals surface area contributed by atoms with Gasteiger partial charge in [-0.25, -0.2) is 4.98 Å². The number of nitrogens with zero attached hydrogens (tertiary/aromatic N) is 3. The molecule has 6 nitrogen and oxygen atoms in total. The highest BCUT2D eigenvalue weighted by molar-refractivity contribution is 7.14. The molecule has 1 aromatic carbocycles. The number of carbonyl (C=O) groups excluding carboxylic acids is 2. The van der Waals surface area contributed by atoms with Crippen LogP contribution in [0.25, 0.3) is 0 Å². The number of carbonyl (C=O) groups is 2. The SMILES string of the molecule is Cc1nc(C)c(C(=O)C2=C(O)C(=O)N(c3ccc(Cl)cc3C)C2c2ccccn2)s1. The number of aryl methyl sites for hydroxylation is 3. The van der Waals surface area contributed by atoms with Gasteiger partial charge in [0.05, 0.1) is 26.8 Å². The molecular weight excluding hydrogens is 422 g/mol. The van der Waals surface area contributed by atoms with Crippen molar-refractivity contribution in [3.8, 4) is 0 Å². The van der Waals surface area contributed by atoms with E-state index in [1.165, 1.54) is 16.2 Å². The summed E-state index contributed by atoms with van der Waals surface area (Å²) < 4.78 is 0. The zero-order valence-electron chi connectivity index (χ0n) is 16.5. The molecule has 1 unspecified atom stereocenters. The highest BCUT2D eigenvalue weighted by Gasteiger charge is 2.46. The van der Waals surface area contributed by atoms with E-state index in [2.05, 4.69) is 9.97 Å². The zero-order valence-corrected chi connectivity index (χ0v) is 18.1. The van der Waals surface area contributed by atoms with Crippen molar-refractivity contribution in [2.24, 2.45) is 0 Å². The molecule has 30 heavy (non-hydrogen) atoms. The van der Waals surface area contributed by atoms with E-state index >= 15 is 0 Å². The van der Waals surface area contributed by atoms with E-state index in [9.17, 15) is 14.7 Å². The maximum absolute atomic E-state index is 13.5. The van der Waals surface area contributed by atoms with Crippen LogP contribution in [-0.4, -0.2) is 26.8 Å². The van der Waals surface area contributed by atoms with E-state index in [4.69, 9.17) is 11.6 Å². The van der Waals surface area contributed by atoms with Crippen LogP contribution in [0.5, 0.6) is 0 Å². The number of thiazole rings is 1. The van der Waals surface area contributed by atoms with Gasteiger partial charge in [-0.05, 0) is 56.7 Å². The molecule has 0 aliphatic carbocycles. The lowest BCUT2D eigenvalue weighted by Gasteiger charge is -2.27. The van der Waals surface area contributed by atoms with E-state index in [0.717, 1.165) is 10.6 Å². The Balaban J connectivity index is 1.91. The van der Waals surface area contributed by atoms with Gasteiger partial charge in [-0.15, -0.1) is 11.3 Å². The van der Waals surface area contributed by atoms with Crippen LogP contribution < -0.4 is 4.90 Å². The molecule has 152 valence electrons. The Labute approximate surface area is 182 Å². The summed E-state index contributed by atoms with van der Waals surface area (Å²) in [7, 11) is 0. The molecule has 0 saturated heterocycles. The molecule has 0 radical (unpaired) electrons. The summed E-state index contributed by atoms with van der Waals surface area (Å²) in [5.74, 6) is -1.65. The summed E-state index contributed by atoms with van der Waals surface area (Å²) >= 11 is 7.32. The van der Waals surface area contributed by atoms with Crippen LogP contribution in [0.3, 0.4) is 0 Å². The molecule has 0 fully saturated rings. The fraction of sp³-hybridized carbons (Fsp3) is 0.182. The molecule has 8 heteroatoms. The lowest BCUT2D eigenvalue weighted by atomic mass is 9.98. The second-order valence-electron chi connectivity index (χ2n) is 7.00. The van der Waals surface area contributed by atoms with Gasteiger partial charge in [0.1, 0.15) is 6.04 Å². The summed E-state index contributed by atoms with van der Waals surface area (Å²) in [5.41, 5.74) is 2.33. The van der Waals surface area contributed by atoms with Crippen LogP contribution in [-0.2, 0) is 4.79 Å².